The van der Waals surface area contributed by atoms with Crippen molar-refractivity contribution in [1.29, 1.82) is 0 Å². The maximum atomic E-state index is 12.3. The second-order valence-corrected chi connectivity index (χ2v) is 7.60. The van der Waals surface area contributed by atoms with E-state index < -0.39 is 0 Å². The summed E-state index contributed by atoms with van der Waals surface area (Å²) in [6.45, 7) is 0. The number of anilines is 1. The van der Waals surface area contributed by atoms with Crippen LogP contribution in [0.4, 0.5) is 5.69 Å². The Morgan fingerprint density at radius 3 is 2.73 bits per heavy atom. The van der Waals surface area contributed by atoms with Gasteiger partial charge in [0.25, 0.3) is 5.56 Å². The molecule has 1 heterocycles. The van der Waals surface area contributed by atoms with Crippen LogP contribution in [0.25, 0.3) is 10.8 Å². The molecule has 134 valence electrons. The number of pyridine rings is 1. The minimum absolute atomic E-state index is 0.0923. The number of aryl methyl sites for hydroxylation is 1. The number of halogens is 2. The van der Waals surface area contributed by atoms with Crippen LogP contribution in [-0.2, 0) is 17.6 Å². The van der Waals surface area contributed by atoms with Gasteiger partial charge in [-0.2, -0.15) is 0 Å². The number of thioether (sulfide) groups is 1. The van der Waals surface area contributed by atoms with Gasteiger partial charge in [-0.05, 0) is 35.9 Å². The van der Waals surface area contributed by atoms with Crippen molar-refractivity contribution in [1.82, 2.24) is 4.57 Å². The van der Waals surface area contributed by atoms with E-state index in [2.05, 4.69) is 5.32 Å². The zero-order chi connectivity index (χ0) is 18.7. The molecule has 1 amide bonds. The Morgan fingerprint density at radius 1 is 1.15 bits per heavy atom. The highest BCUT2D eigenvalue weighted by molar-refractivity contribution is 7.99. The van der Waals surface area contributed by atoms with Gasteiger partial charge in [0.05, 0.1) is 5.75 Å². The number of nitrogens with zero attached hydrogens (tertiary/aromatic N) is 1. The number of hydrogen-bond donors (Lipinski definition) is 1. The summed E-state index contributed by atoms with van der Waals surface area (Å²) in [6, 6.07) is 12.5. The molecule has 0 fully saturated rings. The fraction of sp³-hybridized carbons (Fsp3) is 0.158. The molecule has 0 unspecified atom stereocenters. The molecular weight excluding hydrogens is 391 g/mol. The van der Waals surface area contributed by atoms with Crippen LogP contribution in [0.15, 0.2) is 53.5 Å². The monoisotopic (exact) mass is 406 g/mol. The lowest BCUT2D eigenvalue weighted by molar-refractivity contribution is -0.113. The zero-order valence-corrected chi connectivity index (χ0v) is 16.3. The molecular formula is C19H16Cl2N2O2S. The van der Waals surface area contributed by atoms with Gasteiger partial charge in [0, 0.05) is 45.5 Å². The van der Waals surface area contributed by atoms with Crippen molar-refractivity contribution in [2.45, 2.75) is 5.75 Å². The minimum Gasteiger partial charge on any atom is -0.325 e. The fourth-order valence-electron chi connectivity index (χ4n) is 2.56. The van der Waals surface area contributed by atoms with Gasteiger partial charge in [0.1, 0.15) is 0 Å². The molecule has 0 saturated heterocycles. The summed E-state index contributed by atoms with van der Waals surface area (Å²) in [6.07, 6.45) is 1.69. The van der Waals surface area contributed by atoms with Crippen LogP contribution in [-0.4, -0.2) is 16.2 Å². The largest absolute Gasteiger partial charge is 0.325 e. The summed E-state index contributed by atoms with van der Waals surface area (Å²) in [5.74, 6) is 0.757. The second kappa shape index (κ2) is 8.16. The quantitative estimate of drug-likeness (QED) is 0.666. The van der Waals surface area contributed by atoms with Crippen LogP contribution < -0.4 is 10.9 Å². The van der Waals surface area contributed by atoms with Gasteiger partial charge < -0.3 is 9.88 Å². The standard InChI is InChI=1S/C19H16Cl2N2O2S/c1-23-8-7-14-15(19(23)25)3-2-4-17(14)22-18(24)11-26-10-12-5-6-13(20)9-16(12)21/h2-9H,10-11H2,1H3,(H,22,24). The lowest BCUT2D eigenvalue weighted by Crippen LogP contribution is -2.18. The Morgan fingerprint density at radius 2 is 1.96 bits per heavy atom. The molecule has 0 atom stereocenters. The molecule has 26 heavy (non-hydrogen) atoms. The van der Waals surface area contributed by atoms with Crippen molar-refractivity contribution in [3.8, 4) is 0 Å². The molecule has 1 N–H and O–H groups in total. The van der Waals surface area contributed by atoms with E-state index in [9.17, 15) is 9.59 Å². The second-order valence-electron chi connectivity index (χ2n) is 5.78. The van der Waals surface area contributed by atoms with E-state index in [1.807, 2.05) is 12.1 Å². The van der Waals surface area contributed by atoms with E-state index in [0.717, 1.165) is 10.9 Å². The predicted octanol–water partition coefficient (Wildman–Crippen LogP) is 4.72. The number of rotatable bonds is 5. The maximum Gasteiger partial charge on any atom is 0.258 e. The van der Waals surface area contributed by atoms with Crippen LogP contribution in [0.1, 0.15) is 5.56 Å². The van der Waals surface area contributed by atoms with Crippen molar-refractivity contribution in [3.63, 3.8) is 0 Å². The van der Waals surface area contributed by atoms with Crippen LogP contribution in [0, 0.1) is 0 Å². The van der Waals surface area contributed by atoms with Crippen molar-refractivity contribution in [2.24, 2.45) is 7.05 Å². The topological polar surface area (TPSA) is 51.1 Å². The molecule has 3 aromatic rings. The smallest absolute Gasteiger partial charge is 0.258 e. The van der Waals surface area contributed by atoms with Crippen molar-refractivity contribution < 1.29 is 4.79 Å². The first-order chi connectivity index (χ1) is 12.5. The molecule has 4 nitrogen and oxygen atoms in total. The number of nitrogens with one attached hydrogen (secondary N) is 1. The summed E-state index contributed by atoms with van der Waals surface area (Å²) in [7, 11) is 1.70. The molecule has 0 aliphatic rings. The average Bonchev–Trinajstić information content (AvgIpc) is 2.60. The minimum atomic E-state index is -0.131. The first-order valence-corrected chi connectivity index (χ1v) is 9.76. The molecule has 0 saturated carbocycles. The normalized spacial score (nSPS) is 10.9. The van der Waals surface area contributed by atoms with Gasteiger partial charge in [-0.25, -0.2) is 0 Å². The molecule has 2 aromatic carbocycles. The van der Waals surface area contributed by atoms with Crippen LogP contribution in [0.5, 0.6) is 0 Å². The van der Waals surface area contributed by atoms with E-state index in [0.29, 0.717) is 26.9 Å². The zero-order valence-electron chi connectivity index (χ0n) is 14.0. The molecule has 0 radical (unpaired) electrons. The highest BCUT2D eigenvalue weighted by Crippen LogP contribution is 2.25. The molecule has 0 aliphatic carbocycles. The first kappa shape index (κ1) is 18.8. The summed E-state index contributed by atoms with van der Waals surface area (Å²) in [4.78, 5) is 24.4. The highest BCUT2D eigenvalue weighted by Gasteiger charge is 2.09. The lowest BCUT2D eigenvalue weighted by Gasteiger charge is -2.10. The summed E-state index contributed by atoms with van der Waals surface area (Å²) in [5, 5.41) is 5.37. The molecule has 1 aromatic heterocycles. The van der Waals surface area contributed by atoms with Gasteiger partial charge in [0.2, 0.25) is 5.91 Å². The Kier molecular flexibility index (Phi) is 5.91. The summed E-state index contributed by atoms with van der Waals surface area (Å²) >= 11 is 13.5. The van der Waals surface area contributed by atoms with Gasteiger partial charge in [-0.1, -0.05) is 35.3 Å². The third-order valence-electron chi connectivity index (χ3n) is 3.90. The number of fused-ring (bicyclic) bond motifs is 1. The Hall–Kier alpha value is -1.95. The third kappa shape index (κ3) is 4.23. The van der Waals surface area contributed by atoms with Crippen LogP contribution in [0.3, 0.4) is 0 Å². The maximum absolute atomic E-state index is 12.3. The number of benzene rings is 2. The molecule has 0 bridgehead atoms. The highest BCUT2D eigenvalue weighted by atomic mass is 35.5. The summed E-state index contributed by atoms with van der Waals surface area (Å²) < 4.78 is 1.51. The summed E-state index contributed by atoms with van der Waals surface area (Å²) in [5.41, 5.74) is 1.48. The van der Waals surface area contributed by atoms with Crippen LogP contribution >= 0.6 is 35.0 Å². The fourth-order valence-corrected chi connectivity index (χ4v) is 3.95. The molecule has 3 rings (SSSR count). The van der Waals surface area contributed by atoms with Gasteiger partial charge in [0.15, 0.2) is 0 Å². The van der Waals surface area contributed by atoms with Gasteiger partial charge in [-0.15, -0.1) is 11.8 Å². The van der Waals surface area contributed by atoms with E-state index >= 15 is 0 Å². The average molecular weight is 407 g/mol. The lowest BCUT2D eigenvalue weighted by atomic mass is 10.1. The van der Waals surface area contributed by atoms with Crippen molar-refractivity contribution in [3.05, 3.63) is 74.6 Å². The Balaban J connectivity index is 1.66. The number of hydrogen-bond acceptors (Lipinski definition) is 3. The predicted molar refractivity (Wildman–Crippen MR) is 110 cm³/mol. The Labute approximate surface area is 165 Å². The molecule has 7 heteroatoms. The first-order valence-electron chi connectivity index (χ1n) is 7.85. The Bertz CT molecular complexity index is 1030. The molecule has 0 spiro atoms. The number of amides is 1. The van der Waals surface area contributed by atoms with Crippen molar-refractivity contribution in [2.75, 3.05) is 11.1 Å². The number of carbonyl (C=O) groups excluding carboxylic acids is 1. The van der Waals surface area contributed by atoms with Crippen molar-refractivity contribution >= 4 is 57.3 Å². The molecule has 0 aliphatic heterocycles. The van der Waals surface area contributed by atoms with Gasteiger partial charge in [-0.3, -0.25) is 9.59 Å². The SMILES string of the molecule is Cn1ccc2c(NC(=O)CSCc3ccc(Cl)cc3Cl)cccc2c1=O. The van der Waals surface area contributed by atoms with E-state index in [4.69, 9.17) is 23.2 Å². The van der Waals surface area contributed by atoms with E-state index in [1.54, 1.807) is 43.6 Å². The van der Waals surface area contributed by atoms with E-state index in [1.165, 1.54) is 16.3 Å². The number of carbonyl (C=O) groups is 1. The third-order valence-corrected chi connectivity index (χ3v) is 5.47. The van der Waals surface area contributed by atoms with E-state index in [-0.39, 0.29) is 17.2 Å². The number of aromatic nitrogens is 1. The van der Waals surface area contributed by atoms with Gasteiger partial charge >= 0.3 is 0 Å². The van der Waals surface area contributed by atoms with Crippen LogP contribution in [0.2, 0.25) is 10.0 Å².